The van der Waals surface area contributed by atoms with Crippen molar-refractivity contribution >= 4 is 10.0 Å². The Labute approximate surface area is 132 Å². The average molecular weight is 321 g/mol. The Morgan fingerprint density at radius 1 is 1.14 bits per heavy atom. The third-order valence-electron chi connectivity index (χ3n) is 3.94. The van der Waals surface area contributed by atoms with Gasteiger partial charge in [-0.2, -0.15) is 4.31 Å². The van der Waals surface area contributed by atoms with Gasteiger partial charge in [0.1, 0.15) is 11.5 Å². The number of nitrogens with zero attached hydrogens (tertiary/aromatic N) is 1. The Hall–Kier alpha value is -1.59. The molecule has 2 rings (SSSR count). The van der Waals surface area contributed by atoms with Crippen LogP contribution in [0.4, 0.5) is 0 Å². The van der Waals surface area contributed by atoms with E-state index in [0.717, 1.165) is 17.7 Å². The van der Waals surface area contributed by atoms with Gasteiger partial charge in [-0.25, -0.2) is 8.42 Å². The molecule has 1 unspecified atom stereocenters. The summed E-state index contributed by atoms with van der Waals surface area (Å²) in [5, 5.41) is 0. The van der Waals surface area contributed by atoms with Crippen molar-refractivity contribution in [2.24, 2.45) is 0 Å². The number of rotatable bonds is 6. The van der Waals surface area contributed by atoms with Crippen LogP contribution < -0.4 is 0 Å². The molecule has 5 heteroatoms. The minimum absolute atomic E-state index is 0.225. The maximum absolute atomic E-state index is 12.6. The molecule has 4 nitrogen and oxygen atoms in total. The van der Waals surface area contributed by atoms with Gasteiger partial charge in [0.25, 0.3) is 0 Å². The maximum Gasteiger partial charge on any atom is 0.243 e. The Bertz CT molecular complexity index is 717. The summed E-state index contributed by atoms with van der Waals surface area (Å²) >= 11 is 0. The first-order valence-corrected chi connectivity index (χ1v) is 8.90. The molecule has 0 radical (unpaired) electrons. The minimum atomic E-state index is -3.50. The fourth-order valence-electron chi connectivity index (χ4n) is 2.26. The van der Waals surface area contributed by atoms with E-state index in [1.165, 1.54) is 4.31 Å². The summed E-state index contributed by atoms with van der Waals surface area (Å²) in [6.07, 6.45) is 1.03. The number of hydrogen-bond acceptors (Lipinski definition) is 3. The second-order valence-electron chi connectivity index (χ2n) is 5.65. The fraction of sp³-hybridized carbons (Fsp3) is 0.412. The molecule has 22 heavy (non-hydrogen) atoms. The normalized spacial score (nSPS) is 13.5. The minimum Gasteiger partial charge on any atom is -0.465 e. The number of benzene rings is 1. The summed E-state index contributed by atoms with van der Waals surface area (Å²) in [6.45, 7) is 6.32. The molecule has 1 aromatic heterocycles. The topological polar surface area (TPSA) is 50.5 Å². The summed E-state index contributed by atoms with van der Waals surface area (Å²) in [7, 11) is -1.94. The standard InChI is InChI=1S/C17H23NO3S/c1-5-13(2)15-7-10-17(11-8-15)22(19,20)18(4)12-16-9-6-14(3)21-16/h6-11,13H,5,12H2,1-4H3. The molecule has 1 heterocycles. The van der Waals surface area contributed by atoms with Crippen LogP contribution in [0, 0.1) is 6.92 Å². The first-order valence-electron chi connectivity index (χ1n) is 7.46. The van der Waals surface area contributed by atoms with E-state index in [1.807, 2.05) is 25.1 Å². The van der Waals surface area contributed by atoms with Gasteiger partial charge >= 0.3 is 0 Å². The second-order valence-corrected chi connectivity index (χ2v) is 7.70. The molecule has 0 fully saturated rings. The van der Waals surface area contributed by atoms with Crippen molar-refractivity contribution in [3.63, 3.8) is 0 Å². The largest absolute Gasteiger partial charge is 0.465 e. The molecular formula is C17H23NO3S. The van der Waals surface area contributed by atoms with Crippen LogP contribution in [0.2, 0.25) is 0 Å². The Morgan fingerprint density at radius 2 is 1.77 bits per heavy atom. The summed E-state index contributed by atoms with van der Waals surface area (Å²) < 4.78 is 31.9. The molecule has 120 valence electrons. The molecule has 0 spiro atoms. The van der Waals surface area contributed by atoms with Gasteiger partial charge in [-0.15, -0.1) is 0 Å². The van der Waals surface area contributed by atoms with Crippen LogP contribution in [0.15, 0.2) is 45.7 Å². The smallest absolute Gasteiger partial charge is 0.243 e. The lowest BCUT2D eigenvalue weighted by atomic mass is 9.99. The summed E-state index contributed by atoms with van der Waals surface area (Å²) in [6, 6.07) is 10.8. The van der Waals surface area contributed by atoms with E-state index in [-0.39, 0.29) is 6.54 Å². The molecule has 0 bridgehead atoms. The summed E-state index contributed by atoms with van der Waals surface area (Å²) in [5.41, 5.74) is 1.16. The number of sulfonamides is 1. The van der Waals surface area contributed by atoms with Gasteiger partial charge in [-0.1, -0.05) is 26.0 Å². The second kappa shape index (κ2) is 6.67. The van der Waals surface area contributed by atoms with Crippen LogP contribution in [0.5, 0.6) is 0 Å². The van der Waals surface area contributed by atoms with E-state index in [1.54, 1.807) is 25.2 Å². The van der Waals surface area contributed by atoms with Crippen molar-refractivity contribution < 1.29 is 12.8 Å². The van der Waals surface area contributed by atoms with E-state index in [0.29, 0.717) is 16.6 Å². The van der Waals surface area contributed by atoms with Crippen molar-refractivity contribution in [2.45, 2.75) is 44.6 Å². The van der Waals surface area contributed by atoms with Crippen LogP contribution in [0.25, 0.3) is 0 Å². The first kappa shape index (κ1) is 16.8. The van der Waals surface area contributed by atoms with Crippen LogP contribution in [0.1, 0.15) is 43.3 Å². The lowest BCUT2D eigenvalue weighted by molar-refractivity contribution is 0.397. The van der Waals surface area contributed by atoms with Crippen LogP contribution in [-0.4, -0.2) is 19.8 Å². The predicted molar refractivity (Wildman–Crippen MR) is 87.2 cm³/mol. The molecule has 1 atom stereocenters. The summed E-state index contributed by atoms with van der Waals surface area (Å²) in [5.74, 6) is 1.85. The molecule has 1 aromatic carbocycles. The van der Waals surface area contributed by atoms with Crippen molar-refractivity contribution in [1.82, 2.24) is 4.31 Å². The Kier molecular flexibility index (Phi) is 5.08. The number of hydrogen-bond donors (Lipinski definition) is 0. The number of aryl methyl sites for hydroxylation is 1. The molecule has 0 aliphatic heterocycles. The molecule has 0 saturated heterocycles. The van der Waals surface area contributed by atoms with Crippen molar-refractivity contribution in [2.75, 3.05) is 7.05 Å². The van der Waals surface area contributed by atoms with Crippen molar-refractivity contribution in [1.29, 1.82) is 0 Å². The summed E-state index contributed by atoms with van der Waals surface area (Å²) in [4.78, 5) is 0.310. The lowest BCUT2D eigenvalue weighted by Gasteiger charge is -2.17. The lowest BCUT2D eigenvalue weighted by Crippen LogP contribution is -2.26. The third kappa shape index (κ3) is 3.59. The van der Waals surface area contributed by atoms with Gasteiger partial charge < -0.3 is 4.42 Å². The molecule has 0 N–H and O–H groups in total. The fourth-order valence-corrected chi connectivity index (χ4v) is 3.40. The monoisotopic (exact) mass is 321 g/mol. The zero-order valence-electron chi connectivity index (χ0n) is 13.5. The van der Waals surface area contributed by atoms with Crippen molar-refractivity contribution in [3.05, 3.63) is 53.5 Å². The van der Waals surface area contributed by atoms with E-state index < -0.39 is 10.0 Å². The quantitative estimate of drug-likeness (QED) is 0.810. The zero-order chi connectivity index (χ0) is 16.3. The highest BCUT2D eigenvalue weighted by atomic mass is 32.2. The molecule has 2 aromatic rings. The highest BCUT2D eigenvalue weighted by Crippen LogP contribution is 2.22. The SMILES string of the molecule is CCC(C)c1ccc(S(=O)(=O)N(C)Cc2ccc(C)o2)cc1. The highest BCUT2D eigenvalue weighted by Gasteiger charge is 2.22. The van der Waals surface area contributed by atoms with Crippen LogP contribution in [-0.2, 0) is 16.6 Å². The van der Waals surface area contributed by atoms with E-state index >= 15 is 0 Å². The predicted octanol–water partition coefficient (Wildman–Crippen LogP) is 3.92. The van der Waals surface area contributed by atoms with Gasteiger partial charge in [-0.3, -0.25) is 0 Å². The molecule has 0 amide bonds. The van der Waals surface area contributed by atoms with Crippen molar-refractivity contribution in [3.8, 4) is 0 Å². The van der Waals surface area contributed by atoms with E-state index in [9.17, 15) is 8.42 Å². The maximum atomic E-state index is 12.6. The van der Waals surface area contributed by atoms with E-state index in [2.05, 4.69) is 13.8 Å². The highest BCUT2D eigenvalue weighted by molar-refractivity contribution is 7.89. The average Bonchev–Trinajstić information content (AvgIpc) is 2.91. The Morgan fingerprint density at radius 3 is 2.27 bits per heavy atom. The van der Waals surface area contributed by atoms with Gasteiger partial charge in [0.2, 0.25) is 10.0 Å². The van der Waals surface area contributed by atoms with Crippen LogP contribution in [0.3, 0.4) is 0 Å². The van der Waals surface area contributed by atoms with E-state index in [4.69, 9.17) is 4.42 Å². The first-order chi connectivity index (χ1) is 10.3. The molecule has 0 aliphatic carbocycles. The molecule has 0 saturated carbocycles. The van der Waals surface area contributed by atoms with Gasteiger partial charge in [0.15, 0.2) is 0 Å². The van der Waals surface area contributed by atoms with Gasteiger partial charge in [-0.05, 0) is 49.1 Å². The van der Waals surface area contributed by atoms with Gasteiger partial charge in [0.05, 0.1) is 11.4 Å². The molecule has 0 aliphatic rings. The third-order valence-corrected chi connectivity index (χ3v) is 5.76. The van der Waals surface area contributed by atoms with Crippen LogP contribution >= 0.6 is 0 Å². The molecular weight excluding hydrogens is 298 g/mol. The number of furan rings is 1. The Balaban J connectivity index is 2.18. The zero-order valence-corrected chi connectivity index (χ0v) is 14.4. The van der Waals surface area contributed by atoms with Gasteiger partial charge in [0, 0.05) is 7.05 Å².